The smallest absolute Gasteiger partial charge is 0.323 e. The van der Waals surface area contributed by atoms with Gasteiger partial charge in [-0.15, -0.1) is 12.4 Å². The summed E-state index contributed by atoms with van der Waals surface area (Å²) in [5.74, 6) is -1.21. The zero-order chi connectivity index (χ0) is 9.84. The third-order valence-corrected chi connectivity index (χ3v) is 1.77. The van der Waals surface area contributed by atoms with Crippen LogP contribution in [0.3, 0.4) is 0 Å². The first-order valence-electron chi connectivity index (χ1n) is 3.84. The van der Waals surface area contributed by atoms with E-state index < -0.39 is 18.1 Å². The average Bonchev–Trinajstić information content (AvgIpc) is 2.17. The highest BCUT2D eigenvalue weighted by Crippen LogP contribution is 2.14. The van der Waals surface area contributed by atoms with Crippen molar-refractivity contribution in [3.8, 4) is 0 Å². The third kappa shape index (κ3) is 2.99. The Balaban J connectivity index is 0.00000169. The van der Waals surface area contributed by atoms with Gasteiger partial charge in [-0.2, -0.15) is 0 Å². The number of hydrogen-bond donors (Lipinski definition) is 3. The Morgan fingerprint density at radius 2 is 1.79 bits per heavy atom. The summed E-state index contributed by atoms with van der Waals surface area (Å²) in [6.45, 7) is 0. The topological polar surface area (TPSA) is 83.6 Å². The molecule has 0 saturated carbocycles. The van der Waals surface area contributed by atoms with Gasteiger partial charge in [0.15, 0.2) is 0 Å². The molecule has 0 amide bonds. The van der Waals surface area contributed by atoms with Crippen LogP contribution in [0.25, 0.3) is 0 Å². The van der Waals surface area contributed by atoms with Crippen molar-refractivity contribution < 1.29 is 15.0 Å². The number of carboxylic acids is 1. The van der Waals surface area contributed by atoms with Crippen molar-refractivity contribution in [2.45, 2.75) is 12.1 Å². The molecule has 0 aromatic heterocycles. The summed E-state index contributed by atoms with van der Waals surface area (Å²) in [7, 11) is 0. The molecule has 0 heterocycles. The minimum Gasteiger partial charge on any atom is -0.480 e. The van der Waals surface area contributed by atoms with Gasteiger partial charge in [0.25, 0.3) is 0 Å². The van der Waals surface area contributed by atoms with Gasteiger partial charge in [0.05, 0.1) is 0 Å². The Labute approximate surface area is 87.8 Å². The van der Waals surface area contributed by atoms with Gasteiger partial charge in [-0.05, 0) is 5.56 Å². The van der Waals surface area contributed by atoms with Gasteiger partial charge in [-0.25, -0.2) is 0 Å². The number of nitrogens with two attached hydrogens (primary N) is 1. The highest BCUT2D eigenvalue weighted by Gasteiger charge is 2.22. The van der Waals surface area contributed by atoms with Crippen LogP contribution >= 0.6 is 12.4 Å². The highest BCUT2D eigenvalue weighted by atomic mass is 35.5. The van der Waals surface area contributed by atoms with E-state index in [1.807, 2.05) is 0 Å². The summed E-state index contributed by atoms with van der Waals surface area (Å²) in [6, 6.07) is 7.20. The Hall–Kier alpha value is -1.10. The van der Waals surface area contributed by atoms with Crippen LogP contribution in [-0.2, 0) is 4.79 Å². The molecule has 0 unspecified atom stereocenters. The van der Waals surface area contributed by atoms with Gasteiger partial charge < -0.3 is 15.9 Å². The Bertz CT molecular complexity index is 291. The highest BCUT2D eigenvalue weighted by molar-refractivity contribution is 5.85. The molecule has 1 rings (SSSR count). The number of halogens is 1. The molecule has 78 valence electrons. The quantitative estimate of drug-likeness (QED) is 0.691. The number of aliphatic carboxylic acids is 1. The lowest BCUT2D eigenvalue weighted by molar-refractivity contribution is -0.141. The zero-order valence-electron chi connectivity index (χ0n) is 7.33. The second-order valence-corrected chi connectivity index (χ2v) is 2.72. The molecule has 5 heteroatoms. The molecule has 0 spiro atoms. The van der Waals surface area contributed by atoms with Gasteiger partial charge in [-0.3, -0.25) is 4.79 Å². The van der Waals surface area contributed by atoms with Crippen molar-refractivity contribution in [1.82, 2.24) is 0 Å². The van der Waals surface area contributed by atoms with Crippen LogP contribution in [-0.4, -0.2) is 22.2 Å². The van der Waals surface area contributed by atoms with Crippen LogP contribution in [0, 0.1) is 0 Å². The summed E-state index contributed by atoms with van der Waals surface area (Å²) in [5, 5.41) is 18.0. The van der Waals surface area contributed by atoms with Gasteiger partial charge in [0.1, 0.15) is 12.1 Å². The summed E-state index contributed by atoms with van der Waals surface area (Å²) in [6.07, 6.45) is -1.15. The molecule has 0 bridgehead atoms. The maximum absolute atomic E-state index is 10.4. The number of aliphatic hydroxyl groups excluding tert-OH is 1. The normalized spacial score (nSPS) is 13.9. The summed E-state index contributed by atoms with van der Waals surface area (Å²) < 4.78 is 0. The van der Waals surface area contributed by atoms with Crippen LogP contribution in [0.4, 0.5) is 0 Å². The summed E-state index contributed by atoms with van der Waals surface area (Å²) >= 11 is 0. The van der Waals surface area contributed by atoms with Gasteiger partial charge in [0, 0.05) is 0 Å². The first-order chi connectivity index (χ1) is 6.13. The summed E-state index contributed by atoms with van der Waals surface area (Å²) in [4.78, 5) is 10.4. The van der Waals surface area contributed by atoms with Crippen molar-refractivity contribution in [2.75, 3.05) is 0 Å². The first-order valence-corrected chi connectivity index (χ1v) is 3.84. The fraction of sp³-hybridized carbons (Fsp3) is 0.222. The fourth-order valence-corrected chi connectivity index (χ4v) is 0.993. The van der Waals surface area contributed by atoms with E-state index in [2.05, 4.69) is 0 Å². The minimum absolute atomic E-state index is 0. The van der Waals surface area contributed by atoms with E-state index >= 15 is 0 Å². The van der Waals surface area contributed by atoms with Gasteiger partial charge in [0.2, 0.25) is 0 Å². The predicted octanol–water partition coefficient (Wildman–Crippen LogP) is 0.554. The van der Waals surface area contributed by atoms with E-state index in [0.29, 0.717) is 5.56 Å². The number of aliphatic hydroxyl groups is 1. The fourth-order valence-electron chi connectivity index (χ4n) is 0.993. The molecule has 2 atom stereocenters. The monoisotopic (exact) mass is 217 g/mol. The third-order valence-electron chi connectivity index (χ3n) is 1.77. The van der Waals surface area contributed by atoms with Crippen molar-refractivity contribution in [1.29, 1.82) is 0 Å². The molecular formula is C9H12ClNO3. The predicted molar refractivity (Wildman–Crippen MR) is 54.3 cm³/mol. The van der Waals surface area contributed by atoms with E-state index in [-0.39, 0.29) is 12.4 Å². The van der Waals surface area contributed by atoms with Crippen molar-refractivity contribution >= 4 is 18.4 Å². The summed E-state index contributed by atoms with van der Waals surface area (Å²) in [5.41, 5.74) is 5.75. The van der Waals surface area contributed by atoms with Crippen molar-refractivity contribution in [3.63, 3.8) is 0 Å². The molecule has 4 N–H and O–H groups in total. The van der Waals surface area contributed by atoms with Crippen LogP contribution in [0.15, 0.2) is 30.3 Å². The Morgan fingerprint density at radius 3 is 2.21 bits per heavy atom. The maximum atomic E-state index is 10.4. The van der Waals surface area contributed by atoms with E-state index in [9.17, 15) is 9.90 Å². The molecule has 0 fully saturated rings. The molecule has 14 heavy (non-hydrogen) atoms. The molecule has 0 saturated heterocycles. The number of hydrogen-bond acceptors (Lipinski definition) is 3. The molecule has 0 radical (unpaired) electrons. The second-order valence-electron chi connectivity index (χ2n) is 2.72. The van der Waals surface area contributed by atoms with E-state index in [1.54, 1.807) is 30.3 Å². The average molecular weight is 218 g/mol. The van der Waals surface area contributed by atoms with Gasteiger partial charge in [-0.1, -0.05) is 30.3 Å². The Morgan fingerprint density at radius 1 is 1.29 bits per heavy atom. The lowest BCUT2D eigenvalue weighted by Crippen LogP contribution is -2.36. The zero-order valence-corrected chi connectivity index (χ0v) is 8.15. The lowest BCUT2D eigenvalue weighted by atomic mass is 10.0. The molecular weight excluding hydrogens is 206 g/mol. The van der Waals surface area contributed by atoms with Crippen molar-refractivity contribution in [3.05, 3.63) is 35.9 Å². The van der Waals surface area contributed by atoms with Crippen molar-refractivity contribution in [2.24, 2.45) is 5.73 Å². The molecule has 0 aliphatic carbocycles. The SMILES string of the molecule is Cl.N[C@@H](C(=O)O)[C@@H](O)c1ccccc1. The van der Waals surface area contributed by atoms with Crippen LogP contribution in [0.2, 0.25) is 0 Å². The number of benzene rings is 1. The molecule has 0 aliphatic rings. The van der Waals surface area contributed by atoms with E-state index in [4.69, 9.17) is 10.8 Å². The number of carbonyl (C=O) groups is 1. The maximum Gasteiger partial charge on any atom is 0.323 e. The molecule has 1 aromatic carbocycles. The van der Waals surface area contributed by atoms with Gasteiger partial charge >= 0.3 is 5.97 Å². The van der Waals surface area contributed by atoms with E-state index in [1.165, 1.54) is 0 Å². The van der Waals surface area contributed by atoms with Crippen LogP contribution in [0.5, 0.6) is 0 Å². The first kappa shape index (κ1) is 12.9. The molecule has 0 aliphatic heterocycles. The standard InChI is InChI=1S/C9H11NO3.ClH/c10-7(9(12)13)8(11)6-4-2-1-3-5-6;/h1-5,7-8,11H,10H2,(H,12,13);1H/t7-,8+;/m1./s1. The number of carboxylic acid groups (broad SMARTS) is 1. The Kier molecular flexibility index (Phi) is 5.15. The minimum atomic E-state index is -1.28. The van der Waals surface area contributed by atoms with Crippen LogP contribution in [0.1, 0.15) is 11.7 Å². The molecule has 1 aromatic rings. The molecule has 4 nitrogen and oxygen atoms in total. The lowest BCUT2D eigenvalue weighted by Gasteiger charge is -2.14. The number of rotatable bonds is 3. The largest absolute Gasteiger partial charge is 0.480 e. The second kappa shape index (κ2) is 5.59. The van der Waals surface area contributed by atoms with Crippen LogP contribution < -0.4 is 5.73 Å². The van der Waals surface area contributed by atoms with E-state index in [0.717, 1.165) is 0 Å².